The minimum absolute atomic E-state index is 0.0450. The molecule has 2 aromatic carbocycles. The van der Waals surface area contributed by atoms with Crippen molar-refractivity contribution >= 4 is 5.91 Å². The Morgan fingerprint density at radius 1 is 0.972 bits per heavy atom. The average molecular weight is 490 g/mol. The average Bonchev–Trinajstić information content (AvgIpc) is 3.37. The van der Waals surface area contributed by atoms with Crippen LogP contribution in [0.25, 0.3) is 11.4 Å². The lowest BCUT2D eigenvalue weighted by Crippen LogP contribution is -2.40. The van der Waals surface area contributed by atoms with Gasteiger partial charge in [-0.05, 0) is 44.0 Å². The minimum Gasteiger partial charge on any atom is -0.379 e. The van der Waals surface area contributed by atoms with Gasteiger partial charge in [0.1, 0.15) is 0 Å². The standard InChI is InChI=1S/C28H35N5O3/c1-21-5-7-24(8-6-21)27-30-26(36-31-27)20-32-11-9-25(10-12-32)28(34)29-18-22-3-2-4-23(17-22)19-33-13-15-35-16-14-33/h2-8,17,25H,9-16,18-20H2,1H3,(H,29,34). The molecule has 2 aliphatic heterocycles. The van der Waals surface area contributed by atoms with Crippen LogP contribution in [0, 0.1) is 12.8 Å². The van der Waals surface area contributed by atoms with Crippen LogP contribution >= 0.6 is 0 Å². The number of benzene rings is 2. The van der Waals surface area contributed by atoms with E-state index >= 15 is 0 Å². The molecule has 0 atom stereocenters. The third-order valence-corrected chi connectivity index (χ3v) is 7.06. The molecule has 0 bridgehead atoms. The molecule has 0 saturated carbocycles. The quantitative estimate of drug-likeness (QED) is 0.519. The lowest BCUT2D eigenvalue weighted by molar-refractivity contribution is -0.126. The number of rotatable bonds is 8. The van der Waals surface area contributed by atoms with Crippen LogP contribution in [0.2, 0.25) is 0 Å². The fourth-order valence-electron chi connectivity index (χ4n) is 4.87. The van der Waals surface area contributed by atoms with E-state index in [0.29, 0.717) is 24.8 Å². The van der Waals surface area contributed by atoms with Crippen LogP contribution < -0.4 is 5.32 Å². The Labute approximate surface area is 212 Å². The van der Waals surface area contributed by atoms with Crippen molar-refractivity contribution in [3.05, 3.63) is 71.1 Å². The van der Waals surface area contributed by atoms with Gasteiger partial charge in [-0.3, -0.25) is 14.6 Å². The zero-order valence-corrected chi connectivity index (χ0v) is 21.0. The Morgan fingerprint density at radius 3 is 2.47 bits per heavy atom. The molecule has 0 spiro atoms. The summed E-state index contributed by atoms with van der Waals surface area (Å²) in [4.78, 5) is 22.1. The first-order chi connectivity index (χ1) is 17.6. The van der Waals surface area contributed by atoms with Crippen molar-refractivity contribution in [2.45, 2.75) is 39.4 Å². The van der Waals surface area contributed by atoms with E-state index in [0.717, 1.165) is 69.9 Å². The van der Waals surface area contributed by atoms with Crippen LogP contribution in [0.15, 0.2) is 53.1 Å². The molecule has 8 heteroatoms. The minimum atomic E-state index is 0.0450. The van der Waals surface area contributed by atoms with Gasteiger partial charge in [-0.25, -0.2) is 0 Å². The molecule has 2 fully saturated rings. The summed E-state index contributed by atoms with van der Waals surface area (Å²) in [5, 5.41) is 7.29. The fraction of sp³-hybridized carbons (Fsp3) is 0.464. The van der Waals surface area contributed by atoms with Crippen LogP contribution in [0.3, 0.4) is 0 Å². The number of morpholine rings is 1. The maximum Gasteiger partial charge on any atom is 0.241 e. The summed E-state index contributed by atoms with van der Waals surface area (Å²) in [7, 11) is 0. The molecule has 0 unspecified atom stereocenters. The number of hydrogen-bond donors (Lipinski definition) is 1. The second kappa shape index (κ2) is 11.8. The summed E-state index contributed by atoms with van der Waals surface area (Å²) in [5.74, 6) is 1.43. The maximum absolute atomic E-state index is 12.8. The number of nitrogens with one attached hydrogen (secondary N) is 1. The normalized spacial score (nSPS) is 17.8. The Bertz CT molecular complexity index is 1130. The third kappa shape index (κ3) is 6.57. The molecule has 1 amide bonds. The topological polar surface area (TPSA) is 83.7 Å². The third-order valence-electron chi connectivity index (χ3n) is 7.06. The Hall–Kier alpha value is -3.07. The van der Waals surface area contributed by atoms with Gasteiger partial charge in [0.25, 0.3) is 0 Å². The molecular formula is C28H35N5O3. The molecule has 190 valence electrons. The second-order valence-electron chi connectivity index (χ2n) is 9.85. The molecule has 3 heterocycles. The highest BCUT2D eigenvalue weighted by Crippen LogP contribution is 2.21. The van der Waals surface area contributed by atoms with Gasteiger partial charge in [-0.15, -0.1) is 0 Å². The monoisotopic (exact) mass is 489 g/mol. The number of likely N-dealkylation sites (tertiary alicyclic amines) is 1. The molecule has 2 saturated heterocycles. The van der Waals surface area contributed by atoms with Crippen LogP contribution in [0.5, 0.6) is 0 Å². The van der Waals surface area contributed by atoms with Crippen molar-refractivity contribution in [2.24, 2.45) is 5.92 Å². The molecular weight excluding hydrogens is 454 g/mol. The van der Waals surface area contributed by atoms with E-state index in [2.05, 4.69) is 56.4 Å². The van der Waals surface area contributed by atoms with E-state index in [1.807, 2.05) is 24.3 Å². The highest BCUT2D eigenvalue weighted by atomic mass is 16.5. The summed E-state index contributed by atoms with van der Waals surface area (Å²) < 4.78 is 10.9. The molecule has 5 rings (SSSR count). The van der Waals surface area contributed by atoms with E-state index in [1.165, 1.54) is 11.1 Å². The number of ether oxygens (including phenoxy) is 1. The number of carbonyl (C=O) groups is 1. The van der Waals surface area contributed by atoms with Gasteiger partial charge in [0, 0.05) is 37.7 Å². The number of carbonyl (C=O) groups excluding carboxylic acids is 1. The van der Waals surface area contributed by atoms with Crippen molar-refractivity contribution in [1.29, 1.82) is 0 Å². The fourth-order valence-corrected chi connectivity index (χ4v) is 4.87. The first kappa shape index (κ1) is 24.6. The number of amides is 1. The Kier molecular flexibility index (Phi) is 8.05. The van der Waals surface area contributed by atoms with Gasteiger partial charge >= 0.3 is 0 Å². The molecule has 1 aromatic heterocycles. The van der Waals surface area contributed by atoms with Crippen molar-refractivity contribution in [2.75, 3.05) is 39.4 Å². The summed E-state index contributed by atoms with van der Waals surface area (Å²) >= 11 is 0. The maximum atomic E-state index is 12.8. The van der Waals surface area contributed by atoms with E-state index in [-0.39, 0.29) is 11.8 Å². The van der Waals surface area contributed by atoms with Gasteiger partial charge < -0.3 is 14.6 Å². The number of piperidine rings is 1. The largest absolute Gasteiger partial charge is 0.379 e. The van der Waals surface area contributed by atoms with E-state index < -0.39 is 0 Å². The molecule has 0 radical (unpaired) electrons. The van der Waals surface area contributed by atoms with Gasteiger partial charge in [0.2, 0.25) is 17.6 Å². The smallest absolute Gasteiger partial charge is 0.241 e. The Balaban J connectivity index is 1.06. The first-order valence-corrected chi connectivity index (χ1v) is 12.9. The van der Waals surface area contributed by atoms with Gasteiger partial charge in [-0.2, -0.15) is 4.98 Å². The highest BCUT2D eigenvalue weighted by Gasteiger charge is 2.26. The molecule has 3 aromatic rings. The molecule has 8 nitrogen and oxygen atoms in total. The van der Waals surface area contributed by atoms with E-state index in [1.54, 1.807) is 0 Å². The summed E-state index contributed by atoms with van der Waals surface area (Å²) in [5.41, 5.74) is 4.58. The number of hydrogen-bond acceptors (Lipinski definition) is 7. The van der Waals surface area contributed by atoms with E-state index in [9.17, 15) is 4.79 Å². The SMILES string of the molecule is Cc1ccc(-c2noc(CN3CCC(C(=O)NCc4cccc(CN5CCOCC5)c4)CC3)n2)cc1. The molecule has 0 aliphatic carbocycles. The van der Waals surface area contributed by atoms with E-state index in [4.69, 9.17) is 9.26 Å². The van der Waals surface area contributed by atoms with Crippen LogP contribution in [0.1, 0.15) is 35.4 Å². The van der Waals surface area contributed by atoms with Gasteiger partial charge in [0.05, 0.1) is 19.8 Å². The van der Waals surface area contributed by atoms with Crippen LogP contribution in [0.4, 0.5) is 0 Å². The molecule has 2 aliphatic rings. The summed E-state index contributed by atoms with van der Waals surface area (Å²) in [6, 6.07) is 16.6. The summed E-state index contributed by atoms with van der Waals surface area (Å²) in [6.45, 7) is 9.40. The number of aryl methyl sites for hydroxylation is 1. The highest BCUT2D eigenvalue weighted by molar-refractivity contribution is 5.78. The predicted molar refractivity (Wildman–Crippen MR) is 137 cm³/mol. The molecule has 1 N–H and O–H groups in total. The lowest BCUT2D eigenvalue weighted by atomic mass is 9.96. The van der Waals surface area contributed by atoms with Crippen molar-refractivity contribution in [3.63, 3.8) is 0 Å². The second-order valence-corrected chi connectivity index (χ2v) is 9.85. The first-order valence-electron chi connectivity index (χ1n) is 12.9. The Morgan fingerprint density at radius 2 is 1.69 bits per heavy atom. The zero-order chi connectivity index (χ0) is 24.7. The number of aromatic nitrogens is 2. The van der Waals surface area contributed by atoms with Crippen LogP contribution in [-0.2, 0) is 29.2 Å². The van der Waals surface area contributed by atoms with Gasteiger partial charge in [-0.1, -0.05) is 59.3 Å². The number of nitrogens with zero attached hydrogens (tertiary/aromatic N) is 4. The predicted octanol–water partition coefficient (Wildman–Crippen LogP) is 3.41. The van der Waals surface area contributed by atoms with Crippen molar-refractivity contribution in [3.8, 4) is 11.4 Å². The van der Waals surface area contributed by atoms with Crippen molar-refractivity contribution in [1.82, 2.24) is 25.3 Å². The van der Waals surface area contributed by atoms with Gasteiger partial charge in [0.15, 0.2) is 0 Å². The summed E-state index contributed by atoms with van der Waals surface area (Å²) in [6.07, 6.45) is 1.67. The van der Waals surface area contributed by atoms with Crippen LogP contribution in [-0.4, -0.2) is 65.2 Å². The van der Waals surface area contributed by atoms with Crippen molar-refractivity contribution < 1.29 is 14.1 Å². The zero-order valence-electron chi connectivity index (χ0n) is 21.0. The lowest BCUT2D eigenvalue weighted by Gasteiger charge is -2.30. The molecule has 36 heavy (non-hydrogen) atoms.